The van der Waals surface area contributed by atoms with Crippen LogP contribution in [0.15, 0.2) is 96.7 Å². The fourth-order valence-electron chi connectivity index (χ4n) is 7.82. The third-order valence-electron chi connectivity index (χ3n) is 10.0. The molecule has 4 aromatic rings. The first kappa shape index (κ1) is 32.3. The molecule has 45 heavy (non-hydrogen) atoms. The zero-order chi connectivity index (χ0) is 31.8. The topological polar surface area (TPSA) is 6.25 Å². The van der Waals surface area contributed by atoms with E-state index in [4.69, 9.17) is 0 Å². The number of anilines is 1. The molecule has 1 unspecified atom stereocenters. The van der Waals surface area contributed by atoms with Gasteiger partial charge < -0.3 is 4.90 Å². The minimum Gasteiger partial charge on any atom is -0.331 e. The van der Waals surface area contributed by atoms with Crippen LogP contribution in [0.4, 0.5) is 11.4 Å². The summed E-state index contributed by atoms with van der Waals surface area (Å²) in [5, 5.41) is 6.43. The van der Waals surface area contributed by atoms with Gasteiger partial charge in [0.05, 0.1) is 10.4 Å². The molecule has 0 bridgehead atoms. The van der Waals surface area contributed by atoms with Gasteiger partial charge in [-0.25, -0.2) is 0 Å². The summed E-state index contributed by atoms with van der Waals surface area (Å²) in [6.45, 7) is 13.0. The van der Waals surface area contributed by atoms with Crippen molar-refractivity contribution in [2.24, 2.45) is 0 Å². The minimum atomic E-state index is -0.136. The summed E-state index contributed by atoms with van der Waals surface area (Å²) in [6, 6.07) is 27.1. The number of alkyl halides is 2. The number of hydrogen-bond acceptors (Lipinski definition) is 1. The smallest absolute Gasteiger partial charge is 0.210 e. The van der Waals surface area contributed by atoms with Crippen LogP contribution >= 0.6 is 31.9 Å². The van der Waals surface area contributed by atoms with Crippen LogP contribution in [-0.2, 0) is 10.8 Å². The second-order valence-electron chi connectivity index (χ2n) is 13.8. The first-order valence-electron chi connectivity index (χ1n) is 16.8. The molecular formula is C41H47Br2N2+. The lowest BCUT2D eigenvalue weighted by molar-refractivity contribution is -0.438. The Morgan fingerprint density at radius 1 is 0.778 bits per heavy atom. The Kier molecular flexibility index (Phi) is 9.46. The van der Waals surface area contributed by atoms with E-state index in [1.54, 1.807) is 0 Å². The molecule has 0 N–H and O–H groups in total. The number of fused-ring (bicyclic) bond motifs is 6. The average molecular weight is 728 g/mol. The van der Waals surface area contributed by atoms with Crippen molar-refractivity contribution >= 4 is 70.5 Å². The minimum absolute atomic E-state index is 0.107. The Labute approximate surface area is 287 Å². The van der Waals surface area contributed by atoms with Gasteiger partial charge in [0.25, 0.3) is 0 Å². The van der Waals surface area contributed by atoms with Crippen LogP contribution in [0.1, 0.15) is 84.3 Å². The molecule has 2 heterocycles. The first-order valence-corrected chi connectivity index (χ1v) is 18.8. The number of hydrogen-bond donors (Lipinski definition) is 0. The molecule has 0 spiro atoms. The number of allylic oxidation sites excluding steroid dienone is 4. The van der Waals surface area contributed by atoms with Crippen molar-refractivity contribution in [1.82, 2.24) is 0 Å². The maximum atomic E-state index is 4.15. The van der Waals surface area contributed by atoms with E-state index in [1.807, 2.05) is 0 Å². The van der Waals surface area contributed by atoms with Crippen LogP contribution in [0.3, 0.4) is 0 Å². The molecule has 4 aromatic carbocycles. The Morgan fingerprint density at radius 3 is 2.13 bits per heavy atom. The maximum Gasteiger partial charge on any atom is 0.210 e. The fraction of sp³-hybridized carbons (Fsp3) is 0.390. The second-order valence-corrected chi connectivity index (χ2v) is 15.6. The lowest BCUT2D eigenvalue weighted by Crippen LogP contribution is -2.32. The standard InChI is InChI=1S/C41H47Br2N2/c1-6-7-22-37(43)45-34-26-24-30-17-10-12-19-32(30)39(34)41(4,5)36(45)21-15-20-35-40(2,3)38-31-18-11-9-16-29(31)23-25-33(38)44(35)28-14-8-13-27-42/h9-12,15-21,23-26,37H,6-8,13-14,22,27-28H2,1-5H3/q+1. The Hall–Kier alpha value is -2.69. The molecule has 0 saturated heterocycles. The summed E-state index contributed by atoms with van der Waals surface area (Å²) in [5.41, 5.74) is 8.08. The monoisotopic (exact) mass is 725 g/mol. The SMILES string of the molecule is CCCCC(Br)N1C(=CC=CC2=[N+](CCCCCBr)c3ccc4ccccc4c3C2(C)C)C(C)(C)c2c1ccc1ccccc21. The zero-order valence-corrected chi connectivity index (χ0v) is 30.7. The molecule has 6 rings (SSSR count). The van der Waals surface area contributed by atoms with E-state index in [0.717, 1.165) is 18.3 Å². The normalized spacial score (nSPS) is 18.5. The van der Waals surface area contributed by atoms with Crippen molar-refractivity contribution < 1.29 is 4.58 Å². The molecule has 0 radical (unpaired) electrons. The van der Waals surface area contributed by atoms with Gasteiger partial charge in [-0.2, -0.15) is 4.58 Å². The molecule has 234 valence electrons. The summed E-state index contributed by atoms with van der Waals surface area (Å²) in [5.74, 6) is 0. The highest BCUT2D eigenvalue weighted by atomic mass is 79.9. The van der Waals surface area contributed by atoms with Crippen LogP contribution in [0, 0.1) is 0 Å². The summed E-state index contributed by atoms with van der Waals surface area (Å²) in [6.07, 6.45) is 14.3. The van der Waals surface area contributed by atoms with Crippen molar-refractivity contribution in [2.75, 3.05) is 16.8 Å². The number of benzene rings is 4. The van der Waals surface area contributed by atoms with E-state index in [-0.39, 0.29) is 15.8 Å². The molecule has 0 aliphatic carbocycles. The predicted octanol–water partition coefficient (Wildman–Crippen LogP) is 12.1. The van der Waals surface area contributed by atoms with Gasteiger partial charge in [-0.05, 0) is 78.4 Å². The first-order chi connectivity index (χ1) is 21.7. The number of halogens is 2. The summed E-state index contributed by atoms with van der Waals surface area (Å²) >= 11 is 7.78. The quantitative estimate of drug-likeness (QED) is 0.0645. The van der Waals surface area contributed by atoms with E-state index in [2.05, 4.69) is 167 Å². The summed E-state index contributed by atoms with van der Waals surface area (Å²) in [4.78, 5) is 2.82. The van der Waals surface area contributed by atoms with Crippen LogP contribution in [0.5, 0.6) is 0 Å². The number of nitrogens with zero attached hydrogens (tertiary/aromatic N) is 2. The fourth-order valence-corrected chi connectivity index (χ4v) is 8.98. The molecule has 2 nitrogen and oxygen atoms in total. The van der Waals surface area contributed by atoms with Crippen molar-refractivity contribution in [3.8, 4) is 0 Å². The largest absolute Gasteiger partial charge is 0.331 e. The molecule has 2 aliphatic heterocycles. The molecule has 0 amide bonds. The second kappa shape index (κ2) is 13.2. The van der Waals surface area contributed by atoms with Gasteiger partial charge in [0, 0.05) is 46.3 Å². The summed E-state index contributed by atoms with van der Waals surface area (Å²) in [7, 11) is 0. The molecule has 0 aromatic heterocycles. The van der Waals surface area contributed by atoms with Gasteiger partial charge in [-0.15, -0.1) is 0 Å². The molecule has 2 aliphatic rings. The Bertz CT molecular complexity index is 1810. The zero-order valence-electron chi connectivity index (χ0n) is 27.5. The van der Waals surface area contributed by atoms with Gasteiger partial charge in [0.15, 0.2) is 5.71 Å². The van der Waals surface area contributed by atoms with Crippen LogP contribution in [0.25, 0.3) is 21.5 Å². The molecule has 1 atom stereocenters. The predicted molar refractivity (Wildman–Crippen MR) is 203 cm³/mol. The van der Waals surface area contributed by atoms with E-state index in [0.29, 0.717) is 0 Å². The molecule has 0 fully saturated rings. The number of unbranched alkanes of at least 4 members (excludes halogenated alkanes) is 3. The van der Waals surface area contributed by atoms with Gasteiger partial charge in [0.1, 0.15) is 6.54 Å². The molecule has 4 heteroatoms. The van der Waals surface area contributed by atoms with E-state index in [1.165, 1.54) is 87.6 Å². The lowest BCUT2D eigenvalue weighted by atomic mass is 9.79. The van der Waals surface area contributed by atoms with Crippen molar-refractivity contribution in [2.45, 2.75) is 88.9 Å². The van der Waals surface area contributed by atoms with Gasteiger partial charge in [-0.1, -0.05) is 126 Å². The van der Waals surface area contributed by atoms with Gasteiger partial charge >= 0.3 is 0 Å². The van der Waals surface area contributed by atoms with Gasteiger partial charge in [0.2, 0.25) is 5.69 Å². The van der Waals surface area contributed by atoms with E-state index >= 15 is 0 Å². The maximum absolute atomic E-state index is 4.15. The highest BCUT2D eigenvalue weighted by Gasteiger charge is 2.46. The third-order valence-corrected chi connectivity index (χ3v) is 11.5. The lowest BCUT2D eigenvalue weighted by Gasteiger charge is -2.31. The molecule has 0 saturated carbocycles. The van der Waals surface area contributed by atoms with E-state index in [9.17, 15) is 0 Å². The molecular weight excluding hydrogens is 680 g/mol. The summed E-state index contributed by atoms with van der Waals surface area (Å²) < 4.78 is 2.61. The van der Waals surface area contributed by atoms with Crippen molar-refractivity contribution in [3.05, 3.63) is 108 Å². The van der Waals surface area contributed by atoms with Crippen LogP contribution < -0.4 is 4.90 Å². The van der Waals surface area contributed by atoms with Gasteiger partial charge in [-0.3, -0.25) is 0 Å². The Balaban J connectivity index is 1.45. The van der Waals surface area contributed by atoms with Crippen molar-refractivity contribution in [3.63, 3.8) is 0 Å². The highest BCUT2D eigenvalue weighted by Crippen LogP contribution is 2.53. The van der Waals surface area contributed by atoms with Crippen LogP contribution in [0.2, 0.25) is 0 Å². The van der Waals surface area contributed by atoms with E-state index < -0.39 is 0 Å². The third kappa shape index (κ3) is 5.76. The van der Waals surface area contributed by atoms with Crippen LogP contribution in [-0.4, -0.2) is 27.1 Å². The highest BCUT2D eigenvalue weighted by molar-refractivity contribution is 9.09. The number of rotatable bonds is 11. The van der Waals surface area contributed by atoms with Crippen molar-refractivity contribution in [1.29, 1.82) is 0 Å². The Morgan fingerprint density at radius 2 is 1.44 bits per heavy atom. The average Bonchev–Trinajstić information content (AvgIpc) is 3.40.